The van der Waals surface area contributed by atoms with Gasteiger partial charge in [0.15, 0.2) is 0 Å². The summed E-state index contributed by atoms with van der Waals surface area (Å²) in [6, 6.07) is 0. The van der Waals surface area contributed by atoms with Gasteiger partial charge in [-0.1, -0.05) is 6.92 Å². The third-order valence-electron chi connectivity index (χ3n) is 2.81. The van der Waals surface area contributed by atoms with E-state index in [4.69, 9.17) is 0 Å². The lowest BCUT2D eigenvalue weighted by molar-refractivity contribution is 0.491. The summed E-state index contributed by atoms with van der Waals surface area (Å²) in [6.45, 7) is 4.26. The van der Waals surface area contributed by atoms with E-state index in [1.807, 2.05) is 19.0 Å². The van der Waals surface area contributed by atoms with E-state index in [2.05, 4.69) is 27.4 Å². The summed E-state index contributed by atoms with van der Waals surface area (Å²) in [4.78, 5) is 6.39. The Bertz CT molecular complexity index is 311. The van der Waals surface area contributed by atoms with Crippen LogP contribution in [0.3, 0.4) is 0 Å². The van der Waals surface area contributed by atoms with Crippen molar-refractivity contribution >= 4 is 5.95 Å². The number of nitrogens with one attached hydrogen (secondary N) is 2. The summed E-state index contributed by atoms with van der Waals surface area (Å²) < 4.78 is 0. The van der Waals surface area contributed by atoms with Gasteiger partial charge in [-0.3, -0.25) is 5.10 Å². The zero-order valence-electron chi connectivity index (χ0n) is 8.96. The van der Waals surface area contributed by atoms with Gasteiger partial charge in [0.2, 0.25) is 5.95 Å². The van der Waals surface area contributed by atoms with Crippen LogP contribution in [-0.4, -0.2) is 42.4 Å². The van der Waals surface area contributed by atoms with Crippen molar-refractivity contribution in [2.75, 3.05) is 32.1 Å². The minimum Gasteiger partial charge on any atom is -0.346 e. The fraction of sp³-hybridized carbons (Fsp3) is 0.778. The summed E-state index contributed by atoms with van der Waals surface area (Å²) >= 11 is 0. The van der Waals surface area contributed by atoms with E-state index in [1.165, 1.54) is 0 Å². The molecule has 5 heteroatoms. The third-order valence-corrected chi connectivity index (χ3v) is 2.81. The molecule has 1 unspecified atom stereocenters. The monoisotopic (exact) mass is 195 g/mol. The molecule has 1 aromatic rings. The molecule has 2 N–H and O–H groups in total. The van der Waals surface area contributed by atoms with Crippen LogP contribution in [0, 0.1) is 0 Å². The molecule has 0 bridgehead atoms. The van der Waals surface area contributed by atoms with Gasteiger partial charge in [-0.05, 0) is 13.0 Å². The molecule has 2 heterocycles. The molecule has 1 aliphatic rings. The molecule has 0 radical (unpaired) electrons. The van der Waals surface area contributed by atoms with Gasteiger partial charge >= 0.3 is 0 Å². The van der Waals surface area contributed by atoms with Crippen molar-refractivity contribution in [1.29, 1.82) is 0 Å². The van der Waals surface area contributed by atoms with Crippen molar-refractivity contribution in [1.82, 2.24) is 20.5 Å². The van der Waals surface area contributed by atoms with Gasteiger partial charge in [-0.2, -0.15) is 4.98 Å². The number of aromatic amines is 1. The Balaban J connectivity index is 2.23. The first-order valence-corrected chi connectivity index (χ1v) is 4.93. The van der Waals surface area contributed by atoms with Crippen LogP contribution in [-0.2, 0) is 5.41 Å². The molecule has 1 aliphatic heterocycles. The van der Waals surface area contributed by atoms with Crippen LogP contribution >= 0.6 is 0 Å². The van der Waals surface area contributed by atoms with Gasteiger partial charge in [0, 0.05) is 26.1 Å². The number of nitrogens with zero attached hydrogens (tertiary/aromatic N) is 3. The van der Waals surface area contributed by atoms with Crippen LogP contribution in [0.4, 0.5) is 5.95 Å². The molecule has 0 spiro atoms. The Kier molecular flexibility index (Phi) is 2.19. The summed E-state index contributed by atoms with van der Waals surface area (Å²) in [7, 11) is 3.89. The predicted molar refractivity (Wildman–Crippen MR) is 55.5 cm³/mol. The van der Waals surface area contributed by atoms with Crippen molar-refractivity contribution in [2.24, 2.45) is 0 Å². The molecular weight excluding hydrogens is 178 g/mol. The van der Waals surface area contributed by atoms with Crippen molar-refractivity contribution in [2.45, 2.75) is 18.8 Å². The number of H-pyrrole nitrogens is 1. The normalized spacial score (nSPS) is 26.8. The standard InChI is InChI=1S/C9H17N5/c1-9(4-5-10-6-9)7-11-8(13-12-7)14(2)3/h10H,4-6H2,1-3H3,(H,11,12,13). The van der Waals surface area contributed by atoms with E-state index in [-0.39, 0.29) is 5.41 Å². The second-order valence-corrected chi connectivity index (χ2v) is 4.37. The van der Waals surface area contributed by atoms with E-state index in [0.717, 1.165) is 31.3 Å². The second kappa shape index (κ2) is 3.24. The van der Waals surface area contributed by atoms with Gasteiger partial charge in [0.05, 0.1) is 0 Å². The Morgan fingerprint density at radius 2 is 2.21 bits per heavy atom. The molecule has 78 valence electrons. The Labute approximate surface area is 83.9 Å². The first-order chi connectivity index (χ1) is 6.62. The largest absolute Gasteiger partial charge is 0.346 e. The number of hydrogen-bond acceptors (Lipinski definition) is 4. The number of aromatic nitrogens is 3. The maximum Gasteiger partial charge on any atom is 0.244 e. The summed E-state index contributed by atoms with van der Waals surface area (Å²) in [5.74, 6) is 1.75. The molecular formula is C9H17N5. The third kappa shape index (κ3) is 1.48. The van der Waals surface area contributed by atoms with Gasteiger partial charge in [0.25, 0.3) is 0 Å². The first kappa shape index (κ1) is 9.45. The fourth-order valence-electron chi connectivity index (χ4n) is 1.74. The molecule has 1 atom stereocenters. The highest BCUT2D eigenvalue weighted by Gasteiger charge is 2.33. The smallest absolute Gasteiger partial charge is 0.244 e. The molecule has 2 rings (SSSR count). The molecule has 0 aliphatic carbocycles. The Morgan fingerprint density at radius 1 is 1.43 bits per heavy atom. The van der Waals surface area contributed by atoms with Crippen LogP contribution in [0.1, 0.15) is 19.2 Å². The lowest BCUT2D eigenvalue weighted by atomic mass is 9.89. The lowest BCUT2D eigenvalue weighted by Gasteiger charge is -2.18. The zero-order chi connectivity index (χ0) is 10.2. The number of rotatable bonds is 2. The van der Waals surface area contributed by atoms with E-state index in [1.54, 1.807) is 0 Å². The summed E-state index contributed by atoms with van der Waals surface area (Å²) in [6.07, 6.45) is 1.12. The van der Waals surface area contributed by atoms with Crippen molar-refractivity contribution < 1.29 is 0 Å². The van der Waals surface area contributed by atoms with Gasteiger partial charge in [-0.25, -0.2) is 0 Å². The van der Waals surface area contributed by atoms with Crippen molar-refractivity contribution in [3.63, 3.8) is 0 Å². The molecule has 14 heavy (non-hydrogen) atoms. The molecule has 1 aromatic heterocycles. The molecule has 1 saturated heterocycles. The second-order valence-electron chi connectivity index (χ2n) is 4.37. The highest BCUT2D eigenvalue weighted by molar-refractivity contribution is 5.27. The van der Waals surface area contributed by atoms with Crippen molar-refractivity contribution in [3.05, 3.63) is 5.82 Å². The predicted octanol–water partition coefficient (Wildman–Crippen LogP) is 0.122. The van der Waals surface area contributed by atoms with Gasteiger partial charge < -0.3 is 10.2 Å². The number of hydrogen-bond donors (Lipinski definition) is 2. The highest BCUT2D eigenvalue weighted by atomic mass is 15.3. The first-order valence-electron chi connectivity index (χ1n) is 4.93. The van der Waals surface area contributed by atoms with Crippen LogP contribution < -0.4 is 10.2 Å². The Hall–Kier alpha value is -1.10. The average molecular weight is 195 g/mol. The number of anilines is 1. The SMILES string of the molecule is CN(C)c1n[nH]c(C2(C)CCNC2)n1. The molecule has 0 aromatic carbocycles. The average Bonchev–Trinajstić information content (AvgIpc) is 2.71. The van der Waals surface area contributed by atoms with Gasteiger partial charge in [0.1, 0.15) is 5.82 Å². The fourth-order valence-corrected chi connectivity index (χ4v) is 1.74. The van der Waals surface area contributed by atoms with E-state index < -0.39 is 0 Å². The molecule has 5 nitrogen and oxygen atoms in total. The summed E-state index contributed by atoms with van der Waals surface area (Å²) in [5, 5.41) is 10.5. The maximum absolute atomic E-state index is 4.48. The van der Waals surface area contributed by atoms with Crippen molar-refractivity contribution in [3.8, 4) is 0 Å². The lowest BCUT2D eigenvalue weighted by Crippen LogP contribution is -2.26. The van der Waals surface area contributed by atoms with Crippen LogP contribution in [0.15, 0.2) is 0 Å². The zero-order valence-corrected chi connectivity index (χ0v) is 8.96. The quantitative estimate of drug-likeness (QED) is 0.704. The maximum atomic E-state index is 4.48. The van der Waals surface area contributed by atoms with Crippen LogP contribution in [0.2, 0.25) is 0 Å². The molecule has 1 fully saturated rings. The van der Waals surface area contributed by atoms with Gasteiger partial charge in [-0.15, -0.1) is 5.10 Å². The highest BCUT2D eigenvalue weighted by Crippen LogP contribution is 2.27. The molecule has 0 amide bonds. The molecule has 0 saturated carbocycles. The van der Waals surface area contributed by atoms with E-state index >= 15 is 0 Å². The van der Waals surface area contributed by atoms with E-state index in [0.29, 0.717) is 0 Å². The summed E-state index contributed by atoms with van der Waals surface area (Å²) in [5.41, 5.74) is 0.126. The van der Waals surface area contributed by atoms with E-state index in [9.17, 15) is 0 Å². The van der Waals surface area contributed by atoms with Crippen LogP contribution in [0.25, 0.3) is 0 Å². The Morgan fingerprint density at radius 3 is 2.71 bits per heavy atom. The minimum atomic E-state index is 0.126. The topological polar surface area (TPSA) is 56.8 Å². The van der Waals surface area contributed by atoms with Crippen LogP contribution in [0.5, 0.6) is 0 Å². The minimum absolute atomic E-state index is 0.126.